The van der Waals surface area contributed by atoms with Gasteiger partial charge in [-0.1, -0.05) is 35.0 Å². The van der Waals surface area contributed by atoms with Crippen LogP contribution >= 0.6 is 15.9 Å². The Kier molecular flexibility index (Phi) is 5.39. The first-order chi connectivity index (χ1) is 10.1. The Morgan fingerprint density at radius 2 is 1.62 bits per heavy atom. The van der Waals surface area contributed by atoms with Gasteiger partial charge in [-0.2, -0.15) is 0 Å². The number of carbonyl (C=O) groups excluding carboxylic acids is 1. The molecule has 0 saturated heterocycles. The van der Waals surface area contributed by atoms with Gasteiger partial charge in [0.1, 0.15) is 0 Å². The average Bonchev–Trinajstić information content (AvgIpc) is 2.47. The summed E-state index contributed by atoms with van der Waals surface area (Å²) in [6, 6.07) is 16.4. The predicted molar refractivity (Wildman–Crippen MR) is 91.5 cm³/mol. The zero-order valence-corrected chi connectivity index (χ0v) is 13.8. The molecule has 4 heteroatoms. The maximum absolute atomic E-state index is 11.0. The molecule has 2 aromatic carbocycles. The molecule has 21 heavy (non-hydrogen) atoms. The van der Waals surface area contributed by atoms with Crippen molar-refractivity contribution < 1.29 is 4.79 Å². The van der Waals surface area contributed by atoms with E-state index in [0.717, 1.165) is 22.3 Å². The highest BCUT2D eigenvalue weighted by Gasteiger charge is 2.09. The van der Waals surface area contributed by atoms with Gasteiger partial charge in [0.05, 0.1) is 6.04 Å². The minimum absolute atomic E-state index is 0.0583. The maximum atomic E-state index is 11.0. The van der Waals surface area contributed by atoms with Crippen molar-refractivity contribution in [2.24, 2.45) is 0 Å². The highest BCUT2D eigenvalue weighted by atomic mass is 79.9. The first-order valence-electron chi connectivity index (χ1n) is 6.98. The van der Waals surface area contributed by atoms with Crippen molar-refractivity contribution in [2.45, 2.75) is 26.3 Å². The molecule has 0 aromatic heterocycles. The second kappa shape index (κ2) is 7.27. The lowest BCUT2D eigenvalue weighted by atomic mass is 10.0. The molecule has 0 saturated carbocycles. The van der Waals surface area contributed by atoms with Gasteiger partial charge in [0, 0.05) is 22.8 Å². The number of anilines is 2. The average molecular weight is 347 g/mol. The quantitative estimate of drug-likeness (QED) is 0.802. The largest absolute Gasteiger partial charge is 0.378 e. The normalized spacial score (nSPS) is 11.8. The molecular formula is C17H19BrN2O. The van der Waals surface area contributed by atoms with Crippen molar-refractivity contribution in [3.63, 3.8) is 0 Å². The molecule has 0 aliphatic heterocycles. The molecule has 0 fully saturated rings. The van der Waals surface area contributed by atoms with Gasteiger partial charge in [-0.3, -0.25) is 4.79 Å². The molecule has 0 spiro atoms. The van der Waals surface area contributed by atoms with Gasteiger partial charge in [0.25, 0.3) is 0 Å². The van der Waals surface area contributed by atoms with Gasteiger partial charge < -0.3 is 10.6 Å². The van der Waals surface area contributed by atoms with Crippen molar-refractivity contribution in [1.82, 2.24) is 0 Å². The molecular weight excluding hydrogens is 328 g/mol. The Morgan fingerprint density at radius 3 is 2.14 bits per heavy atom. The maximum Gasteiger partial charge on any atom is 0.221 e. The van der Waals surface area contributed by atoms with Crippen molar-refractivity contribution >= 4 is 33.2 Å². The van der Waals surface area contributed by atoms with Gasteiger partial charge >= 0.3 is 0 Å². The number of carbonyl (C=O) groups is 1. The highest BCUT2D eigenvalue weighted by molar-refractivity contribution is 9.10. The van der Waals surface area contributed by atoms with Crippen LogP contribution in [-0.4, -0.2) is 5.91 Å². The Bertz CT molecular complexity index is 593. The zero-order chi connectivity index (χ0) is 15.2. The highest BCUT2D eigenvalue weighted by Crippen LogP contribution is 2.24. The van der Waals surface area contributed by atoms with E-state index in [0.29, 0.717) is 0 Å². The van der Waals surface area contributed by atoms with E-state index in [1.807, 2.05) is 24.3 Å². The third-order valence-corrected chi connectivity index (χ3v) is 3.76. The first kappa shape index (κ1) is 15.6. The molecule has 0 bridgehead atoms. The Labute approximate surface area is 133 Å². The van der Waals surface area contributed by atoms with Gasteiger partial charge in [-0.25, -0.2) is 0 Å². The van der Waals surface area contributed by atoms with Crippen molar-refractivity contribution in [2.75, 3.05) is 10.6 Å². The third-order valence-electron chi connectivity index (χ3n) is 3.23. The molecule has 2 rings (SSSR count). The molecule has 3 nitrogen and oxygen atoms in total. The lowest BCUT2D eigenvalue weighted by Gasteiger charge is -2.19. The number of benzene rings is 2. The van der Waals surface area contributed by atoms with E-state index in [2.05, 4.69) is 57.8 Å². The molecule has 0 heterocycles. The summed E-state index contributed by atoms with van der Waals surface area (Å²) in [5, 5.41) is 6.28. The SMILES string of the molecule is CCC(Nc1ccc(NC(C)=O)cc1)c1ccc(Br)cc1. The van der Waals surface area contributed by atoms with Crippen LogP contribution in [-0.2, 0) is 4.79 Å². The van der Waals surface area contributed by atoms with Crippen LogP contribution in [0.4, 0.5) is 11.4 Å². The topological polar surface area (TPSA) is 41.1 Å². The molecule has 1 unspecified atom stereocenters. The van der Waals surface area contributed by atoms with Crippen LogP contribution in [0, 0.1) is 0 Å². The lowest BCUT2D eigenvalue weighted by Crippen LogP contribution is -2.10. The first-order valence-corrected chi connectivity index (χ1v) is 7.77. The molecule has 0 radical (unpaired) electrons. The number of amides is 1. The molecule has 110 valence electrons. The second-order valence-electron chi connectivity index (χ2n) is 4.92. The molecule has 2 aromatic rings. The number of hydrogen-bond acceptors (Lipinski definition) is 2. The van der Waals surface area contributed by atoms with Crippen LogP contribution in [0.1, 0.15) is 31.9 Å². The summed E-state index contributed by atoms with van der Waals surface area (Å²) in [7, 11) is 0. The fraction of sp³-hybridized carbons (Fsp3) is 0.235. The summed E-state index contributed by atoms with van der Waals surface area (Å²) in [6.07, 6.45) is 0.995. The Morgan fingerprint density at radius 1 is 1.05 bits per heavy atom. The minimum Gasteiger partial charge on any atom is -0.378 e. The summed E-state index contributed by atoms with van der Waals surface area (Å²) in [5.41, 5.74) is 3.11. The monoisotopic (exact) mass is 346 g/mol. The third kappa shape index (κ3) is 4.60. The van der Waals surface area contributed by atoms with E-state index in [4.69, 9.17) is 0 Å². The van der Waals surface area contributed by atoms with E-state index in [1.54, 1.807) is 0 Å². The Hall–Kier alpha value is -1.81. The van der Waals surface area contributed by atoms with Crippen LogP contribution in [0.15, 0.2) is 53.0 Å². The van der Waals surface area contributed by atoms with Crippen LogP contribution < -0.4 is 10.6 Å². The molecule has 0 aliphatic rings. The predicted octanol–water partition coefficient (Wildman–Crippen LogP) is 4.97. The smallest absolute Gasteiger partial charge is 0.221 e. The standard InChI is InChI=1S/C17H19BrN2O/c1-3-17(13-4-6-14(18)7-5-13)20-16-10-8-15(9-11-16)19-12(2)21/h4-11,17,20H,3H2,1-2H3,(H,19,21). The zero-order valence-electron chi connectivity index (χ0n) is 12.2. The van der Waals surface area contributed by atoms with Crippen molar-refractivity contribution in [3.8, 4) is 0 Å². The molecule has 0 aliphatic carbocycles. The molecule has 1 amide bonds. The van der Waals surface area contributed by atoms with Gasteiger partial charge in [-0.15, -0.1) is 0 Å². The fourth-order valence-electron chi connectivity index (χ4n) is 2.17. The second-order valence-corrected chi connectivity index (χ2v) is 5.83. The summed E-state index contributed by atoms with van der Waals surface area (Å²) in [5.74, 6) is -0.0583. The summed E-state index contributed by atoms with van der Waals surface area (Å²) in [6.45, 7) is 3.66. The van der Waals surface area contributed by atoms with E-state index in [-0.39, 0.29) is 11.9 Å². The van der Waals surface area contributed by atoms with Crippen LogP contribution in [0.2, 0.25) is 0 Å². The molecule has 2 N–H and O–H groups in total. The lowest BCUT2D eigenvalue weighted by molar-refractivity contribution is -0.114. The van der Waals surface area contributed by atoms with E-state index in [1.165, 1.54) is 12.5 Å². The van der Waals surface area contributed by atoms with Crippen LogP contribution in [0.25, 0.3) is 0 Å². The van der Waals surface area contributed by atoms with Gasteiger partial charge in [-0.05, 0) is 48.4 Å². The minimum atomic E-state index is -0.0583. The number of rotatable bonds is 5. The van der Waals surface area contributed by atoms with Crippen LogP contribution in [0.3, 0.4) is 0 Å². The number of hydrogen-bond donors (Lipinski definition) is 2. The van der Waals surface area contributed by atoms with Crippen LogP contribution in [0.5, 0.6) is 0 Å². The van der Waals surface area contributed by atoms with Gasteiger partial charge in [0.2, 0.25) is 5.91 Å². The number of nitrogens with one attached hydrogen (secondary N) is 2. The van der Waals surface area contributed by atoms with E-state index < -0.39 is 0 Å². The Balaban J connectivity index is 2.07. The van der Waals surface area contributed by atoms with Crippen molar-refractivity contribution in [1.29, 1.82) is 0 Å². The van der Waals surface area contributed by atoms with Crippen molar-refractivity contribution in [3.05, 3.63) is 58.6 Å². The number of halogens is 1. The summed E-state index contributed by atoms with van der Waals surface area (Å²) >= 11 is 3.46. The van der Waals surface area contributed by atoms with Gasteiger partial charge in [0.15, 0.2) is 0 Å². The summed E-state index contributed by atoms with van der Waals surface area (Å²) in [4.78, 5) is 11.0. The molecule has 1 atom stereocenters. The van der Waals surface area contributed by atoms with E-state index in [9.17, 15) is 4.79 Å². The summed E-state index contributed by atoms with van der Waals surface area (Å²) < 4.78 is 1.08. The fourth-order valence-corrected chi connectivity index (χ4v) is 2.43. The van der Waals surface area contributed by atoms with E-state index >= 15 is 0 Å².